The van der Waals surface area contributed by atoms with Gasteiger partial charge in [-0.15, -0.1) is 0 Å². The lowest BCUT2D eigenvalue weighted by Crippen LogP contribution is -2.28. The average molecular weight is 392 g/mol. The van der Waals surface area contributed by atoms with Gasteiger partial charge in [0.15, 0.2) is 0 Å². The maximum Gasteiger partial charge on any atom is 0.253 e. The van der Waals surface area contributed by atoms with Gasteiger partial charge >= 0.3 is 0 Å². The minimum Gasteiger partial charge on any atom is -0.496 e. The van der Waals surface area contributed by atoms with Crippen LogP contribution in [0.5, 0.6) is 11.5 Å². The number of rotatable bonds is 6. The van der Waals surface area contributed by atoms with E-state index in [0.29, 0.717) is 25.2 Å². The summed E-state index contributed by atoms with van der Waals surface area (Å²) in [7, 11) is 3.33. The number of carbonyl (C=O) groups is 1. The summed E-state index contributed by atoms with van der Waals surface area (Å²) in [5, 5.41) is 4.11. The molecular formula is C22H24N4O3. The van der Waals surface area contributed by atoms with Gasteiger partial charge < -0.3 is 14.4 Å². The first kappa shape index (κ1) is 19.0. The molecule has 1 fully saturated rings. The Hall–Kier alpha value is -3.35. The summed E-state index contributed by atoms with van der Waals surface area (Å²) in [5.74, 6) is 1.85. The quantitative estimate of drug-likeness (QED) is 0.645. The van der Waals surface area contributed by atoms with Gasteiger partial charge in [-0.3, -0.25) is 4.79 Å². The lowest BCUT2D eigenvalue weighted by molar-refractivity contribution is 0.0790. The largest absolute Gasteiger partial charge is 0.496 e. The maximum absolute atomic E-state index is 13.0. The Morgan fingerprint density at radius 1 is 1.10 bits per heavy atom. The molecule has 2 heterocycles. The Bertz CT molecular complexity index is 948. The van der Waals surface area contributed by atoms with Crippen LogP contribution in [0.2, 0.25) is 0 Å². The fourth-order valence-electron chi connectivity index (χ4n) is 3.90. The smallest absolute Gasteiger partial charge is 0.253 e. The molecule has 1 aromatic heterocycles. The highest BCUT2D eigenvalue weighted by Gasteiger charge is 2.31. The Morgan fingerprint density at radius 2 is 1.83 bits per heavy atom. The summed E-state index contributed by atoms with van der Waals surface area (Å²) in [5.41, 5.74) is 2.81. The number of hydrogen-bond acceptors (Lipinski definition) is 5. The summed E-state index contributed by atoms with van der Waals surface area (Å²) >= 11 is 0. The van der Waals surface area contributed by atoms with E-state index in [1.807, 2.05) is 47.4 Å². The molecule has 0 aliphatic carbocycles. The number of ether oxygens (including phenoxy) is 2. The molecule has 7 heteroatoms. The Labute approximate surface area is 169 Å². The fraction of sp³-hybridized carbons (Fsp3) is 0.318. The van der Waals surface area contributed by atoms with E-state index in [-0.39, 0.29) is 11.8 Å². The molecule has 1 saturated heterocycles. The first-order valence-corrected chi connectivity index (χ1v) is 9.61. The van der Waals surface area contributed by atoms with Crippen LogP contribution in [0.4, 0.5) is 0 Å². The van der Waals surface area contributed by atoms with Gasteiger partial charge in [0.2, 0.25) is 0 Å². The molecule has 1 aliphatic rings. The summed E-state index contributed by atoms with van der Waals surface area (Å²) < 4.78 is 12.8. The number of nitrogens with zero attached hydrogens (tertiary/aromatic N) is 4. The third kappa shape index (κ3) is 3.94. The molecule has 3 aromatic rings. The van der Waals surface area contributed by atoms with E-state index in [1.165, 1.54) is 6.33 Å². The topological polar surface area (TPSA) is 69.5 Å². The first-order chi connectivity index (χ1) is 14.2. The van der Waals surface area contributed by atoms with Crippen molar-refractivity contribution >= 4 is 5.91 Å². The highest BCUT2D eigenvalue weighted by Crippen LogP contribution is 2.40. The van der Waals surface area contributed by atoms with Gasteiger partial charge in [0.1, 0.15) is 24.2 Å². The maximum atomic E-state index is 13.0. The second kappa shape index (κ2) is 8.34. The molecule has 4 rings (SSSR count). The van der Waals surface area contributed by atoms with Crippen LogP contribution in [-0.2, 0) is 6.54 Å². The van der Waals surface area contributed by atoms with Gasteiger partial charge in [0, 0.05) is 30.1 Å². The van der Waals surface area contributed by atoms with Crippen LogP contribution in [0.15, 0.2) is 55.1 Å². The summed E-state index contributed by atoms with van der Waals surface area (Å²) in [6.07, 6.45) is 4.07. The number of amides is 1. The van der Waals surface area contributed by atoms with Crippen molar-refractivity contribution in [1.82, 2.24) is 19.7 Å². The van der Waals surface area contributed by atoms with Crippen LogP contribution in [0, 0.1) is 0 Å². The normalized spacial score (nSPS) is 16.1. The lowest BCUT2D eigenvalue weighted by Gasteiger charge is -2.20. The second-order valence-electron chi connectivity index (χ2n) is 7.10. The van der Waals surface area contributed by atoms with E-state index in [4.69, 9.17) is 9.47 Å². The zero-order valence-electron chi connectivity index (χ0n) is 16.6. The molecule has 29 heavy (non-hydrogen) atoms. The van der Waals surface area contributed by atoms with Crippen molar-refractivity contribution in [2.75, 3.05) is 27.3 Å². The van der Waals surface area contributed by atoms with Crippen LogP contribution in [0.25, 0.3) is 0 Å². The van der Waals surface area contributed by atoms with Crippen molar-refractivity contribution < 1.29 is 14.3 Å². The number of hydrogen-bond donors (Lipinski definition) is 0. The minimum absolute atomic E-state index is 0.0497. The molecule has 2 aromatic carbocycles. The first-order valence-electron chi connectivity index (χ1n) is 9.61. The van der Waals surface area contributed by atoms with Crippen LogP contribution in [0.3, 0.4) is 0 Å². The van der Waals surface area contributed by atoms with E-state index in [1.54, 1.807) is 25.2 Å². The van der Waals surface area contributed by atoms with Gasteiger partial charge in [0.05, 0.1) is 20.8 Å². The molecule has 0 spiro atoms. The Kier molecular flexibility index (Phi) is 5.46. The van der Waals surface area contributed by atoms with Crippen LogP contribution >= 0.6 is 0 Å². The number of likely N-dealkylation sites (tertiary alicyclic amines) is 1. The van der Waals surface area contributed by atoms with Gasteiger partial charge in [-0.2, -0.15) is 5.10 Å². The lowest BCUT2D eigenvalue weighted by atomic mass is 9.96. The number of benzene rings is 2. The van der Waals surface area contributed by atoms with Gasteiger partial charge in [-0.25, -0.2) is 9.67 Å². The van der Waals surface area contributed by atoms with E-state index >= 15 is 0 Å². The number of methoxy groups -OCH3 is 2. The van der Waals surface area contributed by atoms with Crippen molar-refractivity contribution in [3.63, 3.8) is 0 Å². The molecule has 0 radical (unpaired) electrons. The summed E-state index contributed by atoms with van der Waals surface area (Å²) in [6.45, 7) is 2.00. The van der Waals surface area contributed by atoms with Crippen molar-refractivity contribution in [2.45, 2.75) is 18.9 Å². The monoisotopic (exact) mass is 392 g/mol. The van der Waals surface area contributed by atoms with Crippen LogP contribution < -0.4 is 9.47 Å². The Balaban J connectivity index is 1.46. The SMILES string of the molecule is COc1cccc(OC)c1C1CCN(C(=O)c2ccc(Cn3cncn3)cc2)C1. The molecule has 150 valence electrons. The molecule has 0 bridgehead atoms. The van der Waals surface area contributed by atoms with Crippen molar-refractivity contribution in [3.05, 3.63) is 71.8 Å². The third-order valence-electron chi connectivity index (χ3n) is 5.36. The highest BCUT2D eigenvalue weighted by molar-refractivity contribution is 5.94. The van der Waals surface area contributed by atoms with E-state index in [2.05, 4.69) is 10.1 Å². The molecule has 1 aliphatic heterocycles. The predicted octanol–water partition coefficient (Wildman–Crippen LogP) is 2.97. The van der Waals surface area contributed by atoms with E-state index < -0.39 is 0 Å². The van der Waals surface area contributed by atoms with Gasteiger partial charge in [-0.1, -0.05) is 18.2 Å². The molecule has 7 nitrogen and oxygen atoms in total. The summed E-state index contributed by atoms with van der Waals surface area (Å²) in [4.78, 5) is 18.8. The van der Waals surface area contributed by atoms with Crippen LogP contribution in [0.1, 0.15) is 33.8 Å². The van der Waals surface area contributed by atoms with E-state index in [9.17, 15) is 4.79 Å². The third-order valence-corrected chi connectivity index (χ3v) is 5.36. The molecule has 1 amide bonds. The summed E-state index contributed by atoms with van der Waals surface area (Å²) in [6, 6.07) is 13.5. The zero-order valence-corrected chi connectivity index (χ0v) is 16.6. The standard InChI is InChI=1S/C22H24N4O3/c1-28-19-4-3-5-20(29-2)21(19)18-10-11-25(13-18)22(27)17-8-6-16(7-9-17)12-26-15-23-14-24-26/h3-9,14-15,18H,10-13H2,1-2H3. The van der Waals surface area contributed by atoms with Gasteiger partial charge in [-0.05, 0) is 36.2 Å². The zero-order chi connectivity index (χ0) is 20.2. The number of aromatic nitrogens is 3. The molecular weight excluding hydrogens is 368 g/mol. The molecule has 0 N–H and O–H groups in total. The van der Waals surface area contributed by atoms with Crippen molar-refractivity contribution in [2.24, 2.45) is 0 Å². The fourth-order valence-corrected chi connectivity index (χ4v) is 3.90. The predicted molar refractivity (Wildman–Crippen MR) is 108 cm³/mol. The molecule has 1 unspecified atom stereocenters. The van der Waals surface area contributed by atoms with Crippen molar-refractivity contribution in [3.8, 4) is 11.5 Å². The second-order valence-corrected chi connectivity index (χ2v) is 7.10. The van der Waals surface area contributed by atoms with Crippen LogP contribution in [-0.4, -0.2) is 52.9 Å². The number of carbonyl (C=O) groups excluding carboxylic acids is 1. The van der Waals surface area contributed by atoms with E-state index in [0.717, 1.165) is 29.0 Å². The minimum atomic E-state index is 0.0497. The van der Waals surface area contributed by atoms with Gasteiger partial charge in [0.25, 0.3) is 5.91 Å². The molecule has 0 saturated carbocycles. The molecule has 1 atom stereocenters. The average Bonchev–Trinajstić information content (AvgIpc) is 3.45. The Morgan fingerprint density at radius 3 is 2.45 bits per heavy atom. The van der Waals surface area contributed by atoms with Crippen molar-refractivity contribution in [1.29, 1.82) is 0 Å². The highest BCUT2D eigenvalue weighted by atomic mass is 16.5.